The summed E-state index contributed by atoms with van der Waals surface area (Å²) in [7, 11) is 0. The number of anilines is 2. The number of nitriles is 1. The smallest absolute Gasteiger partial charge is 0.147 e. The van der Waals surface area contributed by atoms with Gasteiger partial charge in [0.25, 0.3) is 0 Å². The van der Waals surface area contributed by atoms with Gasteiger partial charge in [-0.1, -0.05) is 6.07 Å². The molecular weight excluding hydrogens is 234 g/mol. The Balaban J connectivity index is 2.34. The standard InChI is InChI=1S/C14H10F2N2/c1-9-2-4-11(15)14(6-9)18-13-5-3-10(8-17)7-12(13)16/h2-7,18H,1H3. The summed E-state index contributed by atoms with van der Waals surface area (Å²) >= 11 is 0. The third-order valence-corrected chi connectivity index (χ3v) is 2.49. The minimum Gasteiger partial charge on any atom is -0.351 e. The lowest BCUT2D eigenvalue weighted by molar-refractivity contribution is 0.625. The highest BCUT2D eigenvalue weighted by Crippen LogP contribution is 2.23. The summed E-state index contributed by atoms with van der Waals surface area (Å²) in [5, 5.41) is 11.3. The third-order valence-electron chi connectivity index (χ3n) is 2.49. The number of rotatable bonds is 2. The Bertz CT molecular complexity index is 630. The molecule has 0 fully saturated rings. The van der Waals surface area contributed by atoms with Crippen molar-refractivity contribution in [3.8, 4) is 6.07 Å². The highest BCUT2D eigenvalue weighted by Gasteiger charge is 2.07. The van der Waals surface area contributed by atoms with Gasteiger partial charge in [-0.2, -0.15) is 5.26 Å². The zero-order valence-electron chi connectivity index (χ0n) is 9.67. The van der Waals surface area contributed by atoms with Gasteiger partial charge in [-0.25, -0.2) is 8.78 Å². The van der Waals surface area contributed by atoms with Crippen LogP contribution in [0.2, 0.25) is 0 Å². The summed E-state index contributed by atoms with van der Waals surface area (Å²) < 4.78 is 27.1. The van der Waals surface area contributed by atoms with Crippen LogP contribution < -0.4 is 5.32 Å². The summed E-state index contributed by atoms with van der Waals surface area (Å²) in [5.41, 5.74) is 1.44. The average Bonchev–Trinajstić information content (AvgIpc) is 2.36. The van der Waals surface area contributed by atoms with Crippen LogP contribution >= 0.6 is 0 Å². The number of nitrogens with zero attached hydrogens (tertiary/aromatic N) is 1. The molecule has 0 bridgehead atoms. The van der Waals surface area contributed by atoms with E-state index in [-0.39, 0.29) is 16.9 Å². The summed E-state index contributed by atoms with van der Waals surface area (Å²) in [4.78, 5) is 0. The van der Waals surface area contributed by atoms with Gasteiger partial charge in [-0.15, -0.1) is 0 Å². The number of hydrogen-bond acceptors (Lipinski definition) is 2. The first-order chi connectivity index (χ1) is 8.60. The SMILES string of the molecule is Cc1ccc(F)c(Nc2ccc(C#N)cc2F)c1. The van der Waals surface area contributed by atoms with Crippen molar-refractivity contribution in [2.24, 2.45) is 0 Å². The highest BCUT2D eigenvalue weighted by molar-refractivity contribution is 5.62. The molecule has 0 saturated heterocycles. The first-order valence-corrected chi connectivity index (χ1v) is 5.33. The van der Waals surface area contributed by atoms with Crippen molar-refractivity contribution in [1.29, 1.82) is 5.26 Å². The minimum atomic E-state index is -0.588. The molecule has 0 aromatic heterocycles. The van der Waals surface area contributed by atoms with Crippen LogP contribution in [0.15, 0.2) is 36.4 Å². The molecule has 0 spiro atoms. The molecule has 18 heavy (non-hydrogen) atoms. The highest BCUT2D eigenvalue weighted by atomic mass is 19.1. The number of hydrogen-bond donors (Lipinski definition) is 1. The monoisotopic (exact) mass is 244 g/mol. The van der Waals surface area contributed by atoms with Crippen molar-refractivity contribution in [3.63, 3.8) is 0 Å². The largest absolute Gasteiger partial charge is 0.351 e. The lowest BCUT2D eigenvalue weighted by atomic mass is 10.2. The lowest BCUT2D eigenvalue weighted by Crippen LogP contribution is -1.97. The molecule has 90 valence electrons. The first-order valence-electron chi connectivity index (χ1n) is 5.33. The van der Waals surface area contributed by atoms with Crippen LogP contribution in [-0.4, -0.2) is 0 Å². The predicted molar refractivity (Wildman–Crippen MR) is 65.5 cm³/mol. The van der Waals surface area contributed by atoms with E-state index in [1.807, 2.05) is 13.0 Å². The zero-order valence-corrected chi connectivity index (χ0v) is 9.67. The van der Waals surface area contributed by atoms with Gasteiger partial charge in [-0.05, 0) is 42.8 Å². The zero-order chi connectivity index (χ0) is 13.1. The van der Waals surface area contributed by atoms with Crippen molar-refractivity contribution in [2.45, 2.75) is 6.92 Å². The second-order valence-corrected chi connectivity index (χ2v) is 3.91. The van der Waals surface area contributed by atoms with Crippen molar-refractivity contribution in [2.75, 3.05) is 5.32 Å². The first kappa shape index (κ1) is 12.1. The van der Waals surface area contributed by atoms with Crippen molar-refractivity contribution in [1.82, 2.24) is 0 Å². The predicted octanol–water partition coefficient (Wildman–Crippen LogP) is 3.89. The van der Waals surface area contributed by atoms with Gasteiger partial charge in [-0.3, -0.25) is 0 Å². The third kappa shape index (κ3) is 2.46. The second-order valence-electron chi connectivity index (χ2n) is 3.91. The average molecular weight is 244 g/mol. The van der Waals surface area contributed by atoms with Crippen molar-refractivity contribution in [3.05, 3.63) is 59.2 Å². The van der Waals surface area contributed by atoms with Gasteiger partial charge in [0.15, 0.2) is 0 Å². The number of benzene rings is 2. The second kappa shape index (κ2) is 4.84. The Hall–Kier alpha value is -2.41. The van der Waals surface area contributed by atoms with Crippen LogP contribution in [0.3, 0.4) is 0 Å². The van der Waals surface area contributed by atoms with Crippen molar-refractivity contribution >= 4 is 11.4 Å². The molecule has 0 heterocycles. The molecule has 2 aromatic carbocycles. The molecule has 0 atom stereocenters. The molecule has 0 aliphatic heterocycles. The van der Waals surface area contributed by atoms with Gasteiger partial charge in [0.2, 0.25) is 0 Å². The lowest BCUT2D eigenvalue weighted by Gasteiger charge is -2.09. The van der Waals surface area contributed by atoms with Crippen molar-refractivity contribution < 1.29 is 8.78 Å². The van der Waals surface area contributed by atoms with Gasteiger partial charge in [0, 0.05) is 0 Å². The summed E-state index contributed by atoms with van der Waals surface area (Å²) in [6.45, 7) is 1.82. The van der Waals surface area contributed by atoms with E-state index >= 15 is 0 Å². The van der Waals surface area contributed by atoms with Gasteiger partial charge < -0.3 is 5.32 Å². The van der Waals surface area contributed by atoms with E-state index in [1.165, 1.54) is 18.2 Å². The Morgan fingerprint density at radius 1 is 1.00 bits per heavy atom. The summed E-state index contributed by atoms with van der Waals surface area (Å²) in [6, 6.07) is 10.4. The van der Waals surface area contributed by atoms with Gasteiger partial charge in [0.05, 0.1) is 23.0 Å². The van der Waals surface area contributed by atoms with Gasteiger partial charge in [0.1, 0.15) is 11.6 Å². The summed E-state index contributed by atoms with van der Waals surface area (Å²) in [6.07, 6.45) is 0. The number of halogens is 2. The Labute approximate surface area is 103 Å². The van der Waals surface area contributed by atoms with Crippen LogP contribution in [0.4, 0.5) is 20.2 Å². The topological polar surface area (TPSA) is 35.8 Å². The fraction of sp³-hybridized carbons (Fsp3) is 0.0714. The van der Waals surface area contributed by atoms with E-state index in [0.717, 1.165) is 11.6 Å². The molecule has 2 aromatic rings. The molecular formula is C14H10F2N2. The van der Waals surface area contributed by atoms with Gasteiger partial charge >= 0.3 is 0 Å². The molecule has 0 aliphatic carbocycles. The van der Waals surface area contributed by atoms with E-state index in [4.69, 9.17) is 5.26 Å². The molecule has 2 nitrogen and oxygen atoms in total. The minimum absolute atomic E-state index is 0.138. The number of nitrogens with one attached hydrogen (secondary N) is 1. The maximum absolute atomic E-state index is 13.6. The van der Waals surface area contributed by atoms with E-state index in [1.54, 1.807) is 12.1 Å². The molecule has 4 heteroatoms. The van der Waals surface area contributed by atoms with Crippen LogP contribution in [0.25, 0.3) is 0 Å². The van der Waals surface area contributed by atoms with Crippen LogP contribution in [0, 0.1) is 29.9 Å². The Morgan fingerprint density at radius 3 is 2.44 bits per heavy atom. The van der Waals surface area contributed by atoms with E-state index in [2.05, 4.69) is 5.32 Å². The molecule has 0 unspecified atom stereocenters. The molecule has 2 rings (SSSR count). The van der Waals surface area contributed by atoms with E-state index in [9.17, 15) is 8.78 Å². The fourth-order valence-electron chi connectivity index (χ4n) is 1.57. The quantitative estimate of drug-likeness (QED) is 0.869. The normalized spacial score (nSPS) is 9.89. The molecule has 0 saturated carbocycles. The fourth-order valence-corrected chi connectivity index (χ4v) is 1.57. The van der Waals surface area contributed by atoms with E-state index < -0.39 is 11.6 Å². The Morgan fingerprint density at radius 2 is 1.78 bits per heavy atom. The van der Waals surface area contributed by atoms with E-state index in [0.29, 0.717) is 0 Å². The number of aryl methyl sites for hydroxylation is 1. The van der Waals surface area contributed by atoms with Crippen LogP contribution in [-0.2, 0) is 0 Å². The molecule has 1 N–H and O–H groups in total. The summed E-state index contributed by atoms with van der Waals surface area (Å²) in [5.74, 6) is -1.04. The maximum atomic E-state index is 13.6. The molecule has 0 radical (unpaired) electrons. The molecule has 0 aliphatic rings. The molecule has 0 amide bonds. The van der Waals surface area contributed by atoms with Crippen LogP contribution in [0.1, 0.15) is 11.1 Å². The van der Waals surface area contributed by atoms with Crippen LogP contribution in [0.5, 0.6) is 0 Å². The Kier molecular flexibility index (Phi) is 3.24. The maximum Gasteiger partial charge on any atom is 0.147 e.